The predicted octanol–water partition coefficient (Wildman–Crippen LogP) is -12.0. The van der Waals surface area contributed by atoms with E-state index in [2.05, 4.69) is 15.6 Å². The fourth-order valence-corrected chi connectivity index (χ4v) is 7.06. The molecular formula is C36H55N4NaO23. The second-order valence-corrected chi connectivity index (χ2v) is 14.9. The van der Waals surface area contributed by atoms with Gasteiger partial charge in [-0.25, -0.2) is 4.79 Å². The van der Waals surface area contributed by atoms with E-state index in [1.165, 1.54) is 0 Å². The Morgan fingerprint density at radius 3 is 2.20 bits per heavy atom. The standard InChI is InChI=1S/C36H56N4O23.Na/c1-15(43)38-24-17(45)11-36(35(55)56,63-32(24)26(50)18(46)12-41)59-14-20-27(51)29(53)30(54)34(61-20)62-31-19(13-42)60-33(25(28(31)52)39-16(2)44)58-10-9-57-8-6-37-21(47)5-7-40-22(48)3-4-23(40)49;/h3-4,17-20,24-34,41-42,45-46,50-54H,5-14H2,1-2H3,(H,37,47)(H,38,43)(H,39,44)(H,55,56);/q;+1/p-1/t17-,18+,19+,20+,24+,25+,26+,27-,28+,29-,30+,31+,32+,33+,34-,36+;/m0./s1. The van der Waals surface area contributed by atoms with Crippen molar-refractivity contribution in [1.29, 1.82) is 0 Å². The summed E-state index contributed by atoms with van der Waals surface area (Å²) in [6.07, 6.45) is -23.2. The van der Waals surface area contributed by atoms with E-state index in [4.69, 9.17) is 33.2 Å². The smallest absolute Gasteiger partial charge is 0.862 e. The molecule has 0 aromatic heterocycles. The third-order valence-electron chi connectivity index (χ3n) is 10.3. The number of hydrogen-bond donors (Lipinski definition) is 12. The van der Waals surface area contributed by atoms with Crippen molar-refractivity contribution in [3.05, 3.63) is 12.2 Å². The summed E-state index contributed by atoms with van der Waals surface area (Å²) in [7, 11) is 0. The second kappa shape index (κ2) is 25.3. The van der Waals surface area contributed by atoms with Crippen LogP contribution in [0.2, 0.25) is 0 Å². The van der Waals surface area contributed by atoms with Gasteiger partial charge in [0.2, 0.25) is 11.8 Å². The number of nitrogens with one attached hydrogen (secondary N) is 2. The summed E-state index contributed by atoms with van der Waals surface area (Å²) in [5.41, 5.74) is 0. The normalized spacial score (nSPS) is 35.4. The number of carboxylic acid groups (broad SMARTS) is 1. The van der Waals surface area contributed by atoms with Crippen LogP contribution in [0.3, 0.4) is 0 Å². The summed E-state index contributed by atoms with van der Waals surface area (Å²) >= 11 is 0. The molecule has 358 valence electrons. The molecule has 0 bridgehead atoms. The van der Waals surface area contributed by atoms with Gasteiger partial charge in [-0.15, -0.1) is 0 Å². The summed E-state index contributed by atoms with van der Waals surface area (Å²) < 4.78 is 39.3. The molecule has 12 N–H and O–H groups in total. The zero-order valence-corrected chi connectivity index (χ0v) is 37.1. The molecule has 3 fully saturated rings. The molecule has 27 nitrogen and oxygen atoms in total. The third-order valence-corrected chi connectivity index (χ3v) is 10.3. The largest absolute Gasteiger partial charge is 1.00 e. The summed E-state index contributed by atoms with van der Waals surface area (Å²) in [5.74, 6) is -7.83. The van der Waals surface area contributed by atoms with E-state index >= 15 is 0 Å². The van der Waals surface area contributed by atoms with Crippen LogP contribution >= 0.6 is 0 Å². The fourth-order valence-electron chi connectivity index (χ4n) is 7.06. The van der Waals surface area contributed by atoms with Crippen molar-refractivity contribution in [2.24, 2.45) is 4.99 Å². The van der Waals surface area contributed by atoms with E-state index in [-0.39, 0.29) is 68.9 Å². The van der Waals surface area contributed by atoms with Gasteiger partial charge in [0.25, 0.3) is 17.6 Å². The first-order chi connectivity index (χ1) is 29.7. The van der Waals surface area contributed by atoms with E-state index in [0.29, 0.717) is 0 Å². The number of aliphatic imine (C=N–C) groups is 1. The molecule has 4 heterocycles. The molecule has 3 saturated heterocycles. The number of hydrogen-bond acceptors (Lipinski definition) is 23. The summed E-state index contributed by atoms with van der Waals surface area (Å²) in [4.78, 5) is 64.6. The first kappa shape index (κ1) is 55.4. The van der Waals surface area contributed by atoms with Gasteiger partial charge in [0.15, 0.2) is 12.6 Å². The minimum atomic E-state index is -2.90. The Morgan fingerprint density at radius 2 is 1.61 bits per heavy atom. The van der Waals surface area contributed by atoms with Gasteiger partial charge in [0.1, 0.15) is 73.1 Å². The predicted molar refractivity (Wildman–Crippen MR) is 199 cm³/mol. The summed E-state index contributed by atoms with van der Waals surface area (Å²) in [6, 6.07) is -3.05. The first-order valence-electron chi connectivity index (χ1n) is 19.7. The molecule has 16 atom stereocenters. The van der Waals surface area contributed by atoms with Crippen LogP contribution in [0.1, 0.15) is 26.7 Å². The molecule has 0 aromatic rings. The maximum absolute atomic E-state index is 12.6. The van der Waals surface area contributed by atoms with Crippen molar-refractivity contribution >= 4 is 35.5 Å². The van der Waals surface area contributed by atoms with Crippen LogP contribution in [0, 0.1) is 0 Å². The number of carbonyl (C=O) groups is 5. The number of nitrogens with zero attached hydrogens (tertiary/aromatic N) is 2. The number of amides is 4. The van der Waals surface area contributed by atoms with Crippen molar-refractivity contribution in [3.8, 4) is 0 Å². The molecule has 28 heteroatoms. The van der Waals surface area contributed by atoms with Crippen LogP contribution in [-0.2, 0) is 57.1 Å². The van der Waals surface area contributed by atoms with Gasteiger partial charge in [0, 0.05) is 45.0 Å². The third kappa shape index (κ3) is 14.1. The number of ether oxygens (including phenoxy) is 7. The first-order valence-corrected chi connectivity index (χ1v) is 19.7. The number of rotatable bonds is 22. The number of imide groups is 1. The fraction of sp³-hybridized carbons (Fsp3) is 0.778. The molecule has 4 amide bonds. The average molecular weight is 935 g/mol. The summed E-state index contributed by atoms with van der Waals surface area (Å²) in [6.45, 7) is -1.17. The van der Waals surface area contributed by atoms with E-state index in [9.17, 15) is 80.1 Å². The molecule has 0 saturated carbocycles. The van der Waals surface area contributed by atoms with Gasteiger partial charge in [-0.3, -0.25) is 29.1 Å². The van der Waals surface area contributed by atoms with E-state index in [0.717, 1.165) is 30.9 Å². The molecule has 4 aliphatic rings. The minimum Gasteiger partial charge on any atom is -0.862 e. The van der Waals surface area contributed by atoms with Crippen molar-refractivity contribution in [3.63, 3.8) is 0 Å². The van der Waals surface area contributed by atoms with Gasteiger partial charge in [-0.1, -0.05) is 0 Å². The Morgan fingerprint density at radius 1 is 0.953 bits per heavy atom. The molecule has 0 aromatic carbocycles. The number of aliphatic hydroxyl groups is 9. The molecular weight excluding hydrogens is 879 g/mol. The van der Waals surface area contributed by atoms with E-state index in [1.54, 1.807) is 0 Å². The van der Waals surface area contributed by atoms with Gasteiger partial charge < -0.3 is 100.0 Å². The Labute approximate surface area is 386 Å². The zero-order valence-electron chi connectivity index (χ0n) is 35.1. The average Bonchev–Trinajstić information content (AvgIpc) is 3.56. The number of carboxylic acids is 1. The Balaban J connectivity index is 0.0000109. The van der Waals surface area contributed by atoms with Crippen molar-refractivity contribution < 1.29 is 143 Å². The van der Waals surface area contributed by atoms with Gasteiger partial charge in [-0.2, -0.15) is 0 Å². The van der Waals surface area contributed by atoms with Crippen LogP contribution in [0.15, 0.2) is 17.1 Å². The Hall–Kier alpha value is -2.88. The Bertz CT molecular complexity index is 1620. The maximum Gasteiger partial charge on any atom is 1.00 e. The van der Waals surface area contributed by atoms with E-state index < -0.39 is 159 Å². The van der Waals surface area contributed by atoms with Crippen LogP contribution in [0.25, 0.3) is 0 Å². The quantitative estimate of drug-likeness (QED) is 0.0158. The SMILES string of the molecule is CC(=O)N[C@H]1[C@H](OCCOCCNC(=O)CCN2C(=O)C=CC2=O)O[C@H](CO)[C@@H](O[C@@H]2O[C@H](CO[C@]3(C(=O)O)C[C@H](O)[C@@H](N=C(C)[O-])[C@H]([C@H](O)[C@H](O)CO)O3)[C@H](O)[C@H](O)[C@H]2O)[C@@H]1O.[Na+]. The molecule has 0 aliphatic carbocycles. The number of carbonyl (C=O) groups excluding carboxylic acids is 4. The van der Waals surface area contributed by atoms with Crippen LogP contribution in [0.4, 0.5) is 0 Å². The van der Waals surface area contributed by atoms with Crippen LogP contribution in [0.5, 0.6) is 0 Å². The van der Waals surface area contributed by atoms with Crippen LogP contribution in [-0.4, -0.2) is 242 Å². The Kier molecular flexibility index (Phi) is 21.9. The van der Waals surface area contributed by atoms with Crippen molar-refractivity contribution in [1.82, 2.24) is 15.5 Å². The monoisotopic (exact) mass is 934 g/mol. The zero-order chi connectivity index (χ0) is 46.8. The van der Waals surface area contributed by atoms with Gasteiger partial charge in [-0.05, 0) is 12.8 Å². The number of aliphatic carboxylic acids is 1. The van der Waals surface area contributed by atoms with E-state index in [1.807, 2.05) is 0 Å². The molecule has 0 radical (unpaired) electrons. The van der Waals surface area contributed by atoms with Crippen molar-refractivity contribution in [2.45, 2.75) is 124 Å². The molecule has 0 unspecified atom stereocenters. The molecule has 0 spiro atoms. The molecule has 4 aliphatic heterocycles. The maximum atomic E-state index is 12.6. The minimum absolute atomic E-state index is 0. The summed E-state index contributed by atoms with van der Waals surface area (Å²) in [5, 5.41) is 122. The topological polar surface area (TPSA) is 415 Å². The van der Waals surface area contributed by atoms with Gasteiger partial charge >= 0.3 is 35.5 Å². The molecule has 4 rings (SSSR count). The number of aliphatic hydroxyl groups excluding tert-OH is 9. The van der Waals surface area contributed by atoms with Crippen LogP contribution < -0.4 is 45.3 Å². The van der Waals surface area contributed by atoms with Gasteiger partial charge in [0.05, 0.1) is 45.7 Å². The second-order valence-electron chi connectivity index (χ2n) is 14.9. The molecule has 64 heavy (non-hydrogen) atoms. The van der Waals surface area contributed by atoms with Crippen molar-refractivity contribution in [2.75, 3.05) is 52.7 Å².